The molecule has 0 heterocycles. The van der Waals surface area contributed by atoms with Crippen molar-refractivity contribution in [1.82, 2.24) is 5.32 Å². The van der Waals surface area contributed by atoms with Crippen molar-refractivity contribution in [2.45, 2.75) is 18.9 Å². The lowest BCUT2D eigenvalue weighted by molar-refractivity contribution is 0.143. The zero-order valence-corrected chi connectivity index (χ0v) is 15.9. The molecule has 0 unspecified atom stereocenters. The molecule has 4 nitrogen and oxygen atoms in total. The third kappa shape index (κ3) is 4.00. The Labute approximate surface area is 169 Å². The molecule has 3 aromatic carbocycles. The van der Waals surface area contributed by atoms with E-state index in [4.69, 9.17) is 9.84 Å². The molecule has 3 aromatic rings. The van der Waals surface area contributed by atoms with E-state index in [1.165, 1.54) is 28.3 Å². The van der Waals surface area contributed by atoms with Gasteiger partial charge in [0.05, 0.1) is 6.61 Å². The first-order chi connectivity index (χ1) is 14.2. The maximum Gasteiger partial charge on any atom is 0.407 e. The minimum atomic E-state index is -0.487. The SMILES string of the molecule is O=C(NCCc1ccc(CO)c(F)c1)OCC1c2ccccc2-c2ccccc21. The Morgan fingerprint density at radius 2 is 1.66 bits per heavy atom. The van der Waals surface area contributed by atoms with Crippen LogP contribution in [0.4, 0.5) is 9.18 Å². The first-order valence-corrected chi connectivity index (χ1v) is 9.64. The van der Waals surface area contributed by atoms with Crippen LogP contribution >= 0.6 is 0 Å². The second-order valence-corrected chi connectivity index (χ2v) is 7.09. The third-order valence-electron chi connectivity index (χ3n) is 5.31. The van der Waals surface area contributed by atoms with Crippen LogP contribution < -0.4 is 5.32 Å². The third-order valence-corrected chi connectivity index (χ3v) is 5.31. The standard InChI is InChI=1S/C24H22FNO3/c25-23-13-16(9-10-17(23)14-27)11-12-26-24(28)29-15-22-20-7-3-1-5-18(20)19-6-2-4-8-21(19)22/h1-10,13,22,27H,11-12,14-15H2,(H,26,28). The van der Waals surface area contributed by atoms with E-state index in [1.54, 1.807) is 12.1 Å². The van der Waals surface area contributed by atoms with Crippen LogP contribution in [-0.4, -0.2) is 24.4 Å². The summed E-state index contributed by atoms with van der Waals surface area (Å²) in [5.41, 5.74) is 5.72. The normalized spacial score (nSPS) is 12.3. The van der Waals surface area contributed by atoms with E-state index < -0.39 is 11.9 Å². The number of carbonyl (C=O) groups is 1. The molecule has 0 radical (unpaired) electrons. The molecule has 0 aromatic heterocycles. The molecule has 4 rings (SSSR count). The Kier molecular flexibility index (Phi) is 5.58. The molecule has 0 atom stereocenters. The smallest absolute Gasteiger partial charge is 0.407 e. The minimum absolute atomic E-state index is 0.0215. The number of aliphatic hydroxyl groups excluding tert-OH is 1. The van der Waals surface area contributed by atoms with Gasteiger partial charge in [0.15, 0.2) is 0 Å². The Hall–Kier alpha value is -3.18. The van der Waals surface area contributed by atoms with Crippen molar-refractivity contribution in [2.75, 3.05) is 13.2 Å². The van der Waals surface area contributed by atoms with Gasteiger partial charge in [-0.15, -0.1) is 0 Å². The fraction of sp³-hybridized carbons (Fsp3) is 0.208. The zero-order chi connectivity index (χ0) is 20.2. The lowest BCUT2D eigenvalue weighted by Gasteiger charge is -2.14. The summed E-state index contributed by atoms with van der Waals surface area (Å²) in [4.78, 5) is 12.1. The van der Waals surface area contributed by atoms with Gasteiger partial charge in [0.25, 0.3) is 0 Å². The molecule has 29 heavy (non-hydrogen) atoms. The lowest BCUT2D eigenvalue weighted by Crippen LogP contribution is -2.28. The average molecular weight is 391 g/mol. The number of hydrogen-bond donors (Lipinski definition) is 2. The highest BCUT2D eigenvalue weighted by Gasteiger charge is 2.28. The van der Waals surface area contributed by atoms with Gasteiger partial charge in [-0.2, -0.15) is 0 Å². The van der Waals surface area contributed by atoms with Crippen LogP contribution in [0.2, 0.25) is 0 Å². The molecule has 1 aliphatic carbocycles. The molecular formula is C24H22FNO3. The van der Waals surface area contributed by atoms with Crippen molar-refractivity contribution in [3.8, 4) is 11.1 Å². The maximum atomic E-state index is 13.7. The largest absolute Gasteiger partial charge is 0.449 e. The molecule has 0 fully saturated rings. The van der Waals surface area contributed by atoms with Crippen LogP contribution in [0.25, 0.3) is 11.1 Å². The van der Waals surface area contributed by atoms with Crippen molar-refractivity contribution in [2.24, 2.45) is 0 Å². The molecule has 5 heteroatoms. The summed E-state index contributed by atoms with van der Waals surface area (Å²) >= 11 is 0. The summed E-state index contributed by atoms with van der Waals surface area (Å²) in [5, 5.41) is 11.7. The number of halogens is 1. The molecule has 0 saturated carbocycles. The molecule has 0 spiro atoms. The molecule has 148 valence electrons. The van der Waals surface area contributed by atoms with Crippen LogP contribution in [0.3, 0.4) is 0 Å². The highest BCUT2D eigenvalue weighted by molar-refractivity contribution is 5.79. The van der Waals surface area contributed by atoms with Gasteiger partial charge in [0.2, 0.25) is 0 Å². The van der Waals surface area contributed by atoms with Gasteiger partial charge in [-0.1, -0.05) is 60.7 Å². The maximum absolute atomic E-state index is 13.7. The summed E-state index contributed by atoms with van der Waals surface area (Å²) in [6.45, 7) is 0.276. The van der Waals surface area contributed by atoms with Crippen LogP contribution in [0.5, 0.6) is 0 Å². The van der Waals surface area contributed by atoms with Crippen molar-refractivity contribution < 1.29 is 19.0 Å². The zero-order valence-electron chi connectivity index (χ0n) is 15.9. The van der Waals surface area contributed by atoms with Crippen molar-refractivity contribution in [3.05, 3.63) is 94.8 Å². The molecule has 0 aliphatic heterocycles. The van der Waals surface area contributed by atoms with Crippen molar-refractivity contribution in [3.63, 3.8) is 0 Å². The van der Waals surface area contributed by atoms with Crippen LogP contribution in [0, 0.1) is 5.82 Å². The number of alkyl carbamates (subject to hydrolysis) is 1. The second kappa shape index (κ2) is 8.45. The Bertz CT molecular complexity index is 989. The summed E-state index contributed by atoms with van der Waals surface area (Å²) in [6.07, 6.45) is -0.00776. The average Bonchev–Trinajstić information content (AvgIpc) is 3.06. The van der Waals surface area contributed by atoms with Gasteiger partial charge in [0.1, 0.15) is 12.4 Å². The van der Waals surface area contributed by atoms with Crippen LogP contribution in [0.15, 0.2) is 66.7 Å². The van der Waals surface area contributed by atoms with Gasteiger partial charge >= 0.3 is 6.09 Å². The highest BCUT2D eigenvalue weighted by Crippen LogP contribution is 2.44. The topological polar surface area (TPSA) is 58.6 Å². The molecule has 1 aliphatic rings. The first kappa shape index (κ1) is 19.2. The fourth-order valence-electron chi connectivity index (χ4n) is 3.83. The molecule has 0 bridgehead atoms. The predicted molar refractivity (Wildman–Crippen MR) is 109 cm³/mol. The Morgan fingerprint density at radius 1 is 1.00 bits per heavy atom. The Morgan fingerprint density at radius 3 is 2.28 bits per heavy atom. The molecule has 2 N–H and O–H groups in total. The van der Waals surface area contributed by atoms with Crippen LogP contribution in [-0.2, 0) is 17.8 Å². The molecule has 0 saturated heterocycles. The van der Waals surface area contributed by atoms with E-state index in [0.717, 1.165) is 5.56 Å². The van der Waals surface area contributed by atoms with Crippen LogP contribution in [0.1, 0.15) is 28.2 Å². The fourth-order valence-corrected chi connectivity index (χ4v) is 3.83. The molecule has 1 amide bonds. The monoisotopic (exact) mass is 391 g/mol. The van der Waals surface area contributed by atoms with E-state index in [1.807, 2.05) is 24.3 Å². The number of fused-ring (bicyclic) bond motifs is 3. The van der Waals surface area contributed by atoms with E-state index in [2.05, 4.69) is 29.6 Å². The number of amides is 1. The van der Waals surface area contributed by atoms with E-state index in [0.29, 0.717) is 13.0 Å². The summed E-state index contributed by atoms with van der Waals surface area (Å²) in [6, 6.07) is 21.0. The second-order valence-electron chi connectivity index (χ2n) is 7.09. The predicted octanol–water partition coefficient (Wildman–Crippen LogP) is 4.40. The van der Waals surface area contributed by atoms with Gasteiger partial charge in [-0.3, -0.25) is 0 Å². The number of ether oxygens (including phenoxy) is 1. The number of hydrogen-bond acceptors (Lipinski definition) is 3. The van der Waals surface area contributed by atoms with E-state index in [-0.39, 0.29) is 24.7 Å². The lowest BCUT2D eigenvalue weighted by atomic mass is 9.98. The summed E-state index contributed by atoms with van der Waals surface area (Å²) in [5.74, 6) is -0.417. The van der Waals surface area contributed by atoms with Gasteiger partial charge < -0.3 is 15.2 Å². The summed E-state index contributed by atoms with van der Waals surface area (Å²) in [7, 11) is 0. The minimum Gasteiger partial charge on any atom is -0.449 e. The Balaban J connectivity index is 1.33. The van der Waals surface area contributed by atoms with Crippen molar-refractivity contribution >= 4 is 6.09 Å². The number of aliphatic hydroxyl groups is 1. The number of benzene rings is 3. The quantitative estimate of drug-likeness (QED) is 0.655. The van der Waals surface area contributed by atoms with E-state index in [9.17, 15) is 9.18 Å². The number of nitrogens with one attached hydrogen (secondary N) is 1. The van der Waals surface area contributed by atoms with Gasteiger partial charge in [-0.25, -0.2) is 9.18 Å². The van der Waals surface area contributed by atoms with Gasteiger partial charge in [0, 0.05) is 18.0 Å². The number of rotatable bonds is 6. The summed E-state index contributed by atoms with van der Waals surface area (Å²) < 4.78 is 19.2. The first-order valence-electron chi connectivity index (χ1n) is 9.64. The molecular weight excluding hydrogens is 369 g/mol. The van der Waals surface area contributed by atoms with Gasteiger partial charge in [-0.05, 0) is 40.3 Å². The van der Waals surface area contributed by atoms with Crippen molar-refractivity contribution in [1.29, 1.82) is 0 Å². The van der Waals surface area contributed by atoms with E-state index >= 15 is 0 Å². The number of carbonyl (C=O) groups excluding carboxylic acids is 1. The highest BCUT2D eigenvalue weighted by atomic mass is 19.1.